The third-order valence-electron chi connectivity index (χ3n) is 4.02. The number of hydrogen-bond acceptors (Lipinski definition) is 6. The van der Waals surface area contributed by atoms with Gasteiger partial charge in [-0.15, -0.1) is 11.3 Å². The highest BCUT2D eigenvalue weighted by Gasteiger charge is 2.17. The first-order valence-corrected chi connectivity index (χ1v) is 9.70. The molecule has 0 amide bonds. The van der Waals surface area contributed by atoms with Crippen molar-refractivity contribution >= 4 is 49.9 Å². The van der Waals surface area contributed by atoms with Crippen molar-refractivity contribution in [3.05, 3.63) is 60.1 Å². The maximum Gasteiger partial charge on any atom is 0.155 e. The highest BCUT2D eigenvalue weighted by Crippen LogP contribution is 2.31. The Bertz CT molecular complexity index is 1150. The van der Waals surface area contributed by atoms with Crippen LogP contribution in [-0.4, -0.2) is 25.4 Å². The Labute approximate surface area is 158 Å². The normalized spacial score (nSPS) is 12.3. The minimum Gasteiger partial charge on any atom is -0.510 e. The van der Waals surface area contributed by atoms with Gasteiger partial charge in [-0.3, -0.25) is 0 Å². The van der Waals surface area contributed by atoms with E-state index in [1.807, 2.05) is 60.1 Å². The van der Waals surface area contributed by atoms with Crippen LogP contribution in [0.1, 0.15) is 5.82 Å². The Hall–Kier alpha value is -2.82. The second kappa shape index (κ2) is 6.83. The maximum absolute atomic E-state index is 10.5. The SMILES string of the molecule is Cn1c(C(C#N)=C(O)CSc2nc3ccccc3s2)nc2ccccc21. The summed E-state index contributed by atoms with van der Waals surface area (Å²) in [5, 5.41) is 20.1. The molecule has 0 aliphatic rings. The minimum atomic E-state index is 0.00941. The second-order valence-electron chi connectivity index (χ2n) is 5.65. The maximum atomic E-state index is 10.5. The summed E-state index contributed by atoms with van der Waals surface area (Å²) in [5.74, 6) is 0.748. The molecule has 128 valence electrons. The molecule has 0 aliphatic carbocycles. The van der Waals surface area contributed by atoms with E-state index in [4.69, 9.17) is 0 Å². The van der Waals surface area contributed by atoms with Crippen LogP contribution < -0.4 is 0 Å². The van der Waals surface area contributed by atoms with Gasteiger partial charge in [-0.25, -0.2) is 9.97 Å². The Balaban J connectivity index is 1.64. The van der Waals surface area contributed by atoms with Crippen LogP contribution >= 0.6 is 23.1 Å². The molecule has 0 unspecified atom stereocenters. The molecular weight excluding hydrogens is 364 g/mol. The third kappa shape index (κ3) is 2.94. The van der Waals surface area contributed by atoms with E-state index in [0.29, 0.717) is 5.82 Å². The zero-order chi connectivity index (χ0) is 18.1. The smallest absolute Gasteiger partial charge is 0.155 e. The van der Waals surface area contributed by atoms with Crippen LogP contribution in [0.5, 0.6) is 0 Å². The fourth-order valence-corrected chi connectivity index (χ4v) is 4.67. The van der Waals surface area contributed by atoms with E-state index in [2.05, 4.69) is 16.0 Å². The van der Waals surface area contributed by atoms with Gasteiger partial charge in [0.05, 0.1) is 27.0 Å². The zero-order valence-electron chi connectivity index (χ0n) is 13.9. The summed E-state index contributed by atoms with van der Waals surface area (Å²) >= 11 is 2.99. The number of aliphatic hydroxyl groups excluding tert-OH is 1. The molecule has 0 atom stereocenters. The molecule has 2 heterocycles. The predicted molar refractivity (Wildman–Crippen MR) is 106 cm³/mol. The summed E-state index contributed by atoms with van der Waals surface area (Å²) in [6.45, 7) is 0. The van der Waals surface area contributed by atoms with E-state index in [9.17, 15) is 10.4 Å². The van der Waals surface area contributed by atoms with Gasteiger partial charge in [-0.2, -0.15) is 5.26 Å². The van der Waals surface area contributed by atoms with Gasteiger partial charge in [0.2, 0.25) is 0 Å². The lowest BCUT2D eigenvalue weighted by Gasteiger charge is -2.04. The molecule has 26 heavy (non-hydrogen) atoms. The molecule has 0 fully saturated rings. The average molecular weight is 378 g/mol. The molecule has 0 aliphatic heterocycles. The van der Waals surface area contributed by atoms with Crippen molar-refractivity contribution in [2.75, 3.05) is 5.75 Å². The summed E-state index contributed by atoms with van der Waals surface area (Å²) in [5.41, 5.74) is 2.85. The fraction of sp³-hybridized carbons (Fsp3) is 0.105. The topological polar surface area (TPSA) is 74.7 Å². The van der Waals surface area contributed by atoms with Crippen molar-refractivity contribution in [1.82, 2.24) is 14.5 Å². The molecule has 0 spiro atoms. The number of thiazole rings is 1. The number of aliphatic hydroxyl groups is 1. The molecule has 5 nitrogen and oxygen atoms in total. The van der Waals surface area contributed by atoms with Gasteiger partial charge in [0, 0.05) is 7.05 Å². The minimum absolute atomic E-state index is 0.00941. The molecule has 2 aromatic carbocycles. The second-order valence-corrected chi connectivity index (χ2v) is 7.91. The van der Waals surface area contributed by atoms with Crippen LogP contribution in [0.4, 0.5) is 0 Å². The van der Waals surface area contributed by atoms with E-state index < -0.39 is 0 Å². The number of fused-ring (bicyclic) bond motifs is 2. The number of rotatable bonds is 4. The van der Waals surface area contributed by atoms with Crippen molar-refractivity contribution in [3.8, 4) is 6.07 Å². The van der Waals surface area contributed by atoms with Gasteiger partial charge in [0.25, 0.3) is 0 Å². The van der Waals surface area contributed by atoms with E-state index >= 15 is 0 Å². The monoisotopic (exact) mass is 378 g/mol. The number of nitrogens with zero attached hydrogens (tertiary/aromatic N) is 4. The molecule has 4 rings (SSSR count). The Kier molecular flexibility index (Phi) is 4.37. The molecule has 0 bridgehead atoms. The van der Waals surface area contributed by atoms with Gasteiger partial charge in [-0.05, 0) is 24.3 Å². The quantitative estimate of drug-likeness (QED) is 0.315. The third-order valence-corrected chi connectivity index (χ3v) is 6.21. The van der Waals surface area contributed by atoms with E-state index in [0.717, 1.165) is 25.6 Å². The van der Waals surface area contributed by atoms with Crippen LogP contribution in [0.2, 0.25) is 0 Å². The van der Waals surface area contributed by atoms with Gasteiger partial charge in [0.15, 0.2) is 10.2 Å². The number of benzene rings is 2. The largest absolute Gasteiger partial charge is 0.510 e. The van der Waals surface area contributed by atoms with Crippen molar-refractivity contribution < 1.29 is 5.11 Å². The number of nitriles is 1. The van der Waals surface area contributed by atoms with Gasteiger partial charge < -0.3 is 9.67 Å². The Morgan fingerprint density at radius 3 is 2.62 bits per heavy atom. The van der Waals surface area contributed by atoms with Crippen molar-refractivity contribution in [2.45, 2.75) is 4.34 Å². The molecule has 7 heteroatoms. The van der Waals surface area contributed by atoms with Gasteiger partial charge >= 0.3 is 0 Å². The number of aromatic nitrogens is 3. The van der Waals surface area contributed by atoms with Gasteiger partial charge in [0.1, 0.15) is 17.4 Å². The van der Waals surface area contributed by atoms with Crippen LogP contribution in [0.15, 0.2) is 58.6 Å². The summed E-state index contributed by atoms with van der Waals surface area (Å²) in [7, 11) is 1.84. The molecule has 2 aromatic heterocycles. The molecule has 1 N–H and O–H groups in total. The van der Waals surface area contributed by atoms with E-state index in [1.165, 1.54) is 11.8 Å². The Morgan fingerprint density at radius 1 is 1.15 bits per heavy atom. The van der Waals surface area contributed by atoms with Crippen LogP contribution in [-0.2, 0) is 7.05 Å². The molecule has 4 aromatic rings. The Morgan fingerprint density at radius 2 is 1.88 bits per heavy atom. The first-order valence-electron chi connectivity index (χ1n) is 7.90. The summed E-state index contributed by atoms with van der Waals surface area (Å²) in [6, 6.07) is 17.7. The zero-order valence-corrected chi connectivity index (χ0v) is 15.5. The van der Waals surface area contributed by atoms with Crippen LogP contribution in [0.25, 0.3) is 26.8 Å². The summed E-state index contributed by atoms with van der Waals surface area (Å²) in [6.07, 6.45) is 0. The van der Waals surface area contributed by atoms with E-state index in [-0.39, 0.29) is 17.1 Å². The van der Waals surface area contributed by atoms with E-state index in [1.54, 1.807) is 11.3 Å². The van der Waals surface area contributed by atoms with Crippen molar-refractivity contribution in [1.29, 1.82) is 5.26 Å². The molecule has 0 saturated heterocycles. The first kappa shape index (κ1) is 16.6. The number of para-hydroxylation sites is 3. The lowest BCUT2D eigenvalue weighted by molar-refractivity contribution is 0.420. The van der Waals surface area contributed by atoms with Crippen LogP contribution in [0, 0.1) is 11.3 Å². The predicted octanol–water partition coefficient (Wildman–Crippen LogP) is 4.77. The van der Waals surface area contributed by atoms with Gasteiger partial charge in [-0.1, -0.05) is 36.0 Å². The number of hydrogen-bond donors (Lipinski definition) is 1. The highest BCUT2D eigenvalue weighted by molar-refractivity contribution is 8.01. The lowest BCUT2D eigenvalue weighted by atomic mass is 10.2. The average Bonchev–Trinajstić information content (AvgIpc) is 3.22. The van der Waals surface area contributed by atoms with Crippen molar-refractivity contribution in [2.24, 2.45) is 7.05 Å². The summed E-state index contributed by atoms with van der Waals surface area (Å²) < 4.78 is 3.79. The highest BCUT2D eigenvalue weighted by atomic mass is 32.2. The summed E-state index contributed by atoms with van der Waals surface area (Å²) in [4.78, 5) is 9.03. The molecular formula is C19H14N4OS2. The first-order chi connectivity index (χ1) is 12.7. The standard InChI is InChI=1S/C19H14N4OS2/c1-23-15-8-4-2-6-13(15)21-18(23)12(10-20)16(24)11-25-19-22-14-7-3-5-9-17(14)26-19/h2-9,24H,11H2,1H3. The van der Waals surface area contributed by atoms with Crippen molar-refractivity contribution in [3.63, 3.8) is 0 Å². The number of aryl methyl sites for hydroxylation is 1. The number of imidazole rings is 1. The fourth-order valence-electron chi connectivity index (χ4n) is 2.73. The molecule has 0 saturated carbocycles. The lowest BCUT2D eigenvalue weighted by Crippen LogP contribution is -2.00. The number of thioether (sulfide) groups is 1. The number of allylic oxidation sites excluding steroid dienone is 1. The molecule has 0 radical (unpaired) electrons. The van der Waals surface area contributed by atoms with Crippen LogP contribution in [0.3, 0.4) is 0 Å².